The van der Waals surface area contributed by atoms with Crippen molar-refractivity contribution in [1.29, 1.82) is 0 Å². The second kappa shape index (κ2) is 9.53. The predicted octanol–water partition coefficient (Wildman–Crippen LogP) is 5.45. The van der Waals surface area contributed by atoms with Crippen LogP contribution in [0.15, 0.2) is 64.8 Å². The second-order valence-corrected chi connectivity index (χ2v) is 8.56. The summed E-state index contributed by atoms with van der Waals surface area (Å²) in [5, 5.41) is 8.44. The van der Waals surface area contributed by atoms with Crippen LogP contribution in [0.3, 0.4) is 0 Å². The van der Waals surface area contributed by atoms with Crippen molar-refractivity contribution < 1.29 is 9.26 Å². The van der Waals surface area contributed by atoms with Crippen LogP contribution in [0, 0.1) is 5.92 Å². The number of aromatic nitrogens is 2. The van der Waals surface area contributed by atoms with Crippen LogP contribution in [-0.2, 0) is 0 Å². The molecular formula is C25H28N4O2S. The Morgan fingerprint density at radius 2 is 1.84 bits per heavy atom. The smallest absolute Gasteiger partial charge is 0.258 e. The highest BCUT2D eigenvalue weighted by Crippen LogP contribution is 2.38. The molecule has 1 unspecified atom stereocenters. The van der Waals surface area contributed by atoms with E-state index >= 15 is 0 Å². The molecule has 0 amide bonds. The summed E-state index contributed by atoms with van der Waals surface area (Å²) in [6.45, 7) is 9.82. The van der Waals surface area contributed by atoms with Gasteiger partial charge in [-0.25, -0.2) is 0 Å². The van der Waals surface area contributed by atoms with E-state index in [1.807, 2.05) is 61.5 Å². The van der Waals surface area contributed by atoms with E-state index in [2.05, 4.69) is 36.1 Å². The van der Waals surface area contributed by atoms with E-state index in [-0.39, 0.29) is 6.04 Å². The minimum absolute atomic E-state index is 0.203. The number of nitrogens with zero attached hydrogens (tertiary/aromatic N) is 3. The molecule has 0 saturated heterocycles. The van der Waals surface area contributed by atoms with E-state index in [1.165, 1.54) is 0 Å². The van der Waals surface area contributed by atoms with Crippen LogP contribution in [0.2, 0.25) is 0 Å². The minimum Gasteiger partial charge on any atom is -0.494 e. The summed E-state index contributed by atoms with van der Waals surface area (Å²) in [5.74, 6) is 2.33. The maximum absolute atomic E-state index is 5.78. The molecule has 1 aliphatic rings. The van der Waals surface area contributed by atoms with Crippen LogP contribution in [0.25, 0.3) is 17.0 Å². The van der Waals surface area contributed by atoms with Crippen molar-refractivity contribution in [2.24, 2.45) is 5.92 Å². The monoisotopic (exact) mass is 448 g/mol. The molecule has 166 valence electrons. The Morgan fingerprint density at radius 1 is 1.12 bits per heavy atom. The Balaban J connectivity index is 1.78. The zero-order valence-electron chi connectivity index (χ0n) is 18.8. The lowest BCUT2D eigenvalue weighted by Gasteiger charge is -2.38. The van der Waals surface area contributed by atoms with Gasteiger partial charge in [-0.05, 0) is 49.7 Å². The van der Waals surface area contributed by atoms with Gasteiger partial charge in [-0.15, -0.1) is 0 Å². The molecule has 1 atom stereocenters. The van der Waals surface area contributed by atoms with Gasteiger partial charge >= 0.3 is 0 Å². The van der Waals surface area contributed by atoms with Crippen molar-refractivity contribution in [3.63, 3.8) is 0 Å². The van der Waals surface area contributed by atoms with Crippen LogP contribution in [0.1, 0.15) is 45.2 Å². The molecular weight excluding hydrogens is 420 g/mol. The van der Waals surface area contributed by atoms with Gasteiger partial charge in [0.2, 0.25) is 5.82 Å². The average molecular weight is 449 g/mol. The maximum atomic E-state index is 5.78. The molecule has 0 radical (unpaired) electrons. The van der Waals surface area contributed by atoms with Crippen LogP contribution in [-0.4, -0.2) is 33.3 Å². The molecule has 2 aromatic carbocycles. The third-order valence-electron chi connectivity index (χ3n) is 5.36. The van der Waals surface area contributed by atoms with Gasteiger partial charge in [-0.3, -0.25) is 0 Å². The summed E-state index contributed by atoms with van der Waals surface area (Å²) in [4.78, 5) is 6.86. The Hall–Kier alpha value is -3.19. The second-order valence-electron chi connectivity index (χ2n) is 8.18. The molecule has 1 N–H and O–H groups in total. The summed E-state index contributed by atoms with van der Waals surface area (Å²) in [5.41, 5.74) is 3.91. The van der Waals surface area contributed by atoms with Crippen molar-refractivity contribution in [3.8, 4) is 17.1 Å². The number of nitrogens with one attached hydrogen (secondary N) is 1. The fraction of sp³-hybridized carbons (Fsp3) is 0.320. The highest BCUT2D eigenvalue weighted by Gasteiger charge is 2.34. The topological polar surface area (TPSA) is 63.4 Å². The van der Waals surface area contributed by atoms with E-state index in [4.69, 9.17) is 26.5 Å². The van der Waals surface area contributed by atoms with Gasteiger partial charge in [0.05, 0.1) is 18.2 Å². The first-order valence-corrected chi connectivity index (χ1v) is 11.3. The molecule has 0 fully saturated rings. The Labute approximate surface area is 194 Å². The van der Waals surface area contributed by atoms with Gasteiger partial charge < -0.3 is 19.5 Å². The quantitative estimate of drug-likeness (QED) is 0.482. The third kappa shape index (κ3) is 4.53. The molecule has 1 aliphatic heterocycles. The summed E-state index contributed by atoms with van der Waals surface area (Å²) >= 11 is 5.74. The van der Waals surface area contributed by atoms with Crippen LogP contribution in [0.5, 0.6) is 5.75 Å². The summed E-state index contributed by atoms with van der Waals surface area (Å²) < 4.78 is 11.4. The van der Waals surface area contributed by atoms with E-state index in [1.54, 1.807) is 0 Å². The van der Waals surface area contributed by atoms with Crippen molar-refractivity contribution in [2.45, 2.75) is 33.7 Å². The molecule has 2 heterocycles. The number of ether oxygens (including phenoxy) is 1. The first-order valence-electron chi connectivity index (χ1n) is 10.9. The number of thiocarbonyl (C=S) groups is 1. The molecule has 1 aromatic heterocycles. The summed E-state index contributed by atoms with van der Waals surface area (Å²) in [7, 11) is 0. The number of allylic oxidation sites excluding steroid dienone is 1. The predicted molar refractivity (Wildman–Crippen MR) is 130 cm³/mol. The Morgan fingerprint density at radius 3 is 2.50 bits per heavy atom. The third-order valence-corrected chi connectivity index (χ3v) is 5.70. The van der Waals surface area contributed by atoms with Gasteiger partial charge in [0.1, 0.15) is 5.75 Å². The van der Waals surface area contributed by atoms with Gasteiger partial charge in [0.15, 0.2) is 5.11 Å². The van der Waals surface area contributed by atoms with Crippen LogP contribution >= 0.6 is 12.2 Å². The van der Waals surface area contributed by atoms with Crippen molar-refractivity contribution in [3.05, 3.63) is 71.7 Å². The number of hydrogen-bond donors (Lipinski definition) is 1. The normalized spacial score (nSPS) is 16.5. The van der Waals surface area contributed by atoms with E-state index < -0.39 is 0 Å². The standard InChI is InChI=1S/C25H28N4O2S/c1-5-30-20-13-11-18(12-14-20)22-21(17(4)29(15-16(2)3)25(32)26-22)24-27-23(28-31-24)19-9-7-6-8-10-19/h6-14,16,22H,5,15H2,1-4H3,(H,26,32). The lowest BCUT2D eigenvalue weighted by Crippen LogP contribution is -2.47. The summed E-state index contributed by atoms with van der Waals surface area (Å²) in [6.07, 6.45) is 0. The van der Waals surface area contributed by atoms with Crippen LogP contribution < -0.4 is 10.1 Å². The minimum atomic E-state index is -0.203. The zero-order chi connectivity index (χ0) is 22.7. The molecule has 6 nitrogen and oxygen atoms in total. The molecule has 0 aliphatic carbocycles. The maximum Gasteiger partial charge on any atom is 0.258 e. The molecule has 4 rings (SSSR count). The van der Waals surface area contributed by atoms with E-state index in [0.29, 0.717) is 29.4 Å². The largest absolute Gasteiger partial charge is 0.494 e. The van der Waals surface area contributed by atoms with Gasteiger partial charge in [-0.1, -0.05) is 61.5 Å². The highest BCUT2D eigenvalue weighted by molar-refractivity contribution is 7.80. The molecule has 0 spiro atoms. The van der Waals surface area contributed by atoms with Crippen molar-refractivity contribution in [2.75, 3.05) is 13.2 Å². The molecule has 7 heteroatoms. The Kier molecular flexibility index (Phi) is 6.55. The Bertz CT molecular complexity index is 1110. The van der Waals surface area contributed by atoms with Crippen molar-refractivity contribution >= 4 is 22.9 Å². The highest BCUT2D eigenvalue weighted by atomic mass is 32.1. The first kappa shape index (κ1) is 22.0. The van der Waals surface area contributed by atoms with Gasteiger partial charge in [0.25, 0.3) is 5.89 Å². The van der Waals surface area contributed by atoms with Crippen LogP contribution in [0.4, 0.5) is 0 Å². The fourth-order valence-corrected chi connectivity index (χ4v) is 4.18. The number of benzene rings is 2. The molecule has 3 aromatic rings. The zero-order valence-corrected chi connectivity index (χ0v) is 19.6. The number of hydrogen-bond acceptors (Lipinski definition) is 5. The fourth-order valence-electron chi connectivity index (χ4n) is 3.85. The van der Waals surface area contributed by atoms with Gasteiger partial charge in [-0.2, -0.15) is 4.98 Å². The first-order chi connectivity index (χ1) is 15.5. The molecule has 32 heavy (non-hydrogen) atoms. The molecule has 0 saturated carbocycles. The lowest BCUT2D eigenvalue weighted by molar-refractivity contribution is 0.340. The van der Waals surface area contributed by atoms with Crippen molar-refractivity contribution in [1.82, 2.24) is 20.4 Å². The summed E-state index contributed by atoms with van der Waals surface area (Å²) in [6, 6.07) is 17.7. The SMILES string of the molecule is CCOc1ccc(C2NC(=S)N(CC(C)C)C(C)=C2c2nc(-c3ccccc3)no2)cc1. The van der Waals surface area contributed by atoms with E-state index in [0.717, 1.165) is 34.7 Å². The average Bonchev–Trinajstić information content (AvgIpc) is 3.27. The molecule has 0 bridgehead atoms. The lowest BCUT2D eigenvalue weighted by atomic mass is 9.94. The number of rotatable bonds is 7. The van der Waals surface area contributed by atoms with E-state index in [9.17, 15) is 0 Å². The van der Waals surface area contributed by atoms with Gasteiger partial charge in [0, 0.05) is 17.8 Å².